The topological polar surface area (TPSA) is 71.4 Å². The minimum Gasteiger partial charge on any atom is -0.475 e. The predicted octanol–water partition coefficient (Wildman–Crippen LogP) is 4.47. The quantitative estimate of drug-likeness (QED) is 0.210. The minimum atomic E-state index is -1.65. The van der Waals surface area contributed by atoms with Crippen LogP contribution in [0.2, 0.25) is 0 Å². The molecule has 0 saturated carbocycles. The van der Waals surface area contributed by atoms with E-state index < -0.39 is 17.5 Å². The lowest BCUT2D eigenvalue weighted by molar-refractivity contribution is -0.152. The zero-order chi connectivity index (χ0) is 16.6. The second-order valence-electron chi connectivity index (χ2n) is 5.68. The predicted molar refractivity (Wildman–Crippen MR) is 87.9 cm³/mol. The Bertz CT molecular complexity index is 358. The van der Waals surface area contributed by atoms with Gasteiger partial charge in [-0.1, -0.05) is 57.6 Å². The van der Waals surface area contributed by atoms with Gasteiger partial charge in [0.2, 0.25) is 5.78 Å². The van der Waals surface area contributed by atoms with Crippen LogP contribution in [-0.2, 0) is 14.4 Å². The van der Waals surface area contributed by atoms with Crippen molar-refractivity contribution >= 4 is 17.5 Å². The highest BCUT2D eigenvalue weighted by Gasteiger charge is 2.20. The van der Waals surface area contributed by atoms with Crippen LogP contribution >= 0.6 is 0 Å². The van der Waals surface area contributed by atoms with Gasteiger partial charge < -0.3 is 5.11 Å². The number of carboxylic acids is 1. The Morgan fingerprint density at radius 2 is 1.27 bits per heavy atom. The Kier molecular flexibility index (Phi) is 13.5. The van der Waals surface area contributed by atoms with E-state index in [9.17, 15) is 14.4 Å². The summed E-state index contributed by atoms with van der Waals surface area (Å²) in [6, 6.07) is 0. The number of carboxylic acid groups (broad SMARTS) is 1. The van der Waals surface area contributed by atoms with E-state index in [1.807, 2.05) is 0 Å². The molecule has 0 fully saturated rings. The maximum absolute atomic E-state index is 11.1. The van der Waals surface area contributed by atoms with Crippen molar-refractivity contribution in [3.8, 4) is 0 Å². The van der Waals surface area contributed by atoms with Gasteiger partial charge in [0.05, 0.1) is 0 Å². The molecular weight excluding hydrogens is 280 g/mol. The highest BCUT2D eigenvalue weighted by atomic mass is 16.4. The summed E-state index contributed by atoms with van der Waals surface area (Å²) in [4.78, 5) is 32.3. The Hall–Kier alpha value is -1.45. The van der Waals surface area contributed by atoms with Crippen LogP contribution in [0.5, 0.6) is 0 Å². The molecule has 0 saturated heterocycles. The first-order chi connectivity index (χ1) is 10.6. The van der Waals surface area contributed by atoms with Gasteiger partial charge >= 0.3 is 11.8 Å². The fourth-order valence-electron chi connectivity index (χ4n) is 2.24. The molecule has 0 aromatic heterocycles. The van der Waals surface area contributed by atoms with Crippen molar-refractivity contribution in [1.82, 2.24) is 0 Å². The number of unbranched alkanes of at least 4 members (excludes halogenated alkanes) is 9. The van der Waals surface area contributed by atoms with Crippen LogP contribution in [0.4, 0.5) is 0 Å². The van der Waals surface area contributed by atoms with Gasteiger partial charge in [-0.2, -0.15) is 0 Å². The van der Waals surface area contributed by atoms with E-state index in [0.29, 0.717) is 6.42 Å². The summed E-state index contributed by atoms with van der Waals surface area (Å²) in [5.41, 5.74) is 0. The number of ketones is 2. The highest BCUT2D eigenvalue weighted by Crippen LogP contribution is 2.09. The van der Waals surface area contributed by atoms with Gasteiger partial charge in [0.1, 0.15) is 0 Å². The number of aliphatic carboxylic acids is 1. The molecule has 4 heteroatoms. The Morgan fingerprint density at radius 1 is 0.773 bits per heavy atom. The number of carbonyl (C=O) groups excluding carboxylic acids is 2. The summed E-state index contributed by atoms with van der Waals surface area (Å²) in [6.07, 6.45) is 16.8. The molecule has 0 bridgehead atoms. The summed E-state index contributed by atoms with van der Waals surface area (Å²) in [5.74, 6) is -3.71. The summed E-state index contributed by atoms with van der Waals surface area (Å²) in [6.45, 7) is 2.22. The van der Waals surface area contributed by atoms with E-state index in [4.69, 9.17) is 5.11 Å². The van der Waals surface area contributed by atoms with Crippen molar-refractivity contribution in [2.75, 3.05) is 0 Å². The van der Waals surface area contributed by atoms with E-state index in [1.165, 1.54) is 32.1 Å². The molecule has 0 aromatic rings. The Balaban J connectivity index is 3.33. The molecule has 0 aliphatic rings. The molecule has 0 spiro atoms. The molecule has 0 aromatic carbocycles. The molecule has 0 heterocycles. The van der Waals surface area contributed by atoms with Gasteiger partial charge in [-0.15, -0.1) is 0 Å². The van der Waals surface area contributed by atoms with Gasteiger partial charge in [0.15, 0.2) is 0 Å². The first-order valence-electron chi connectivity index (χ1n) is 8.55. The smallest absolute Gasteiger partial charge is 0.380 e. The molecule has 0 amide bonds. The molecule has 0 rings (SSSR count). The van der Waals surface area contributed by atoms with Crippen LogP contribution in [-0.4, -0.2) is 22.6 Å². The van der Waals surface area contributed by atoms with Crippen molar-refractivity contribution in [3.05, 3.63) is 12.2 Å². The van der Waals surface area contributed by atoms with Gasteiger partial charge in [-0.05, 0) is 32.1 Å². The molecule has 0 aliphatic carbocycles. The van der Waals surface area contributed by atoms with Crippen molar-refractivity contribution < 1.29 is 19.5 Å². The zero-order valence-electron chi connectivity index (χ0n) is 13.8. The third kappa shape index (κ3) is 12.3. The van der Waals surface area contributed by atoms with Crippen LogP contribution < -0.4 is 0 Å². The monoisotopic (exact) mass is 310 g/mol. The van der Waals surface area contributed by atoms with E-state index >= 15 is 0 Å². The molecule has 126 valence electrons. The molecular formula is C18H30O4. The second-order valence-corrected chi connectivity index (χ2v) is 5.68. The lowest BCUT2D eigenvalue weighted by Crippen LogP contribution is -2.22. The minimum absolute atomic E-state index is 0.0583. The highest BCUT2D eigenvalue weighted by molar-refractivity contribution is 6.61. The number of rotatable bonds is 15. The standard InChI is InChI=1S/C18H30O4/c1-2-3-4-5-6-7-8-9-10-11-12-13-14-15-16(19)17(20)18(21)22/h7-8H,2-6,9-15H2,1H3,(H,21,22). The van der Waals surface area contributed by atoms with E-state index in [1.54, 1.807) is 0 Å². The number of Topliss-reactive ketones (excluding diaryl/α,β-unsaturated/α-hetero) is 2. The average molecular weight is 310 g/mol. The largest absolute Gasteiger partial charge is 0.475 e. The van der Waals surface area contributed by atoms with E-state index in [0.717, 1.165) is 32.1 Å². The van der Waals surface area contributed by atoms with Crippen LogP contribution in [0.15, 0.2) is 12.2 Å². The summed E-state index contributed by atoms with van der Waals surface area (Å²) < 4.78 is 0. The first kappa shape index (κ1) is 20.6. The fraction of sp³-hybridized carbons (Fsp3) is 0.722. The van der Waals surface area contributed by atoms with Crippen LogP contribution in [0, 0.1) is 0 Å². The lowest BCUT2D eigenvalue weighted by atomic mass is 10.1. The molecule has 22 heavy (non-hydrogen) atoms. The van der Waals surface area contributed by atoms with Crippen LogP contribution in [0.1, 0.15) is 84.0 Å². The molecule has 0 radical (unpaired) electrons. The normalized spacial score (nSPS) is 11.0. The summed E-state index contributed by atoms with van der Waals surface area (Å²) >= 11 is 0. The van der Waals surface area contributed by atoms with Crippen molar-refractivity contribution in [2.45, 2.75) is 84.0 Å². The molecule has 0 unspecified atom stereocenters. The van der Waals surface area contributed by atoms with Gasteiger partial charge in [0, 0.05) is 6.42 Å². The van der Waals surface area contributed by atoms with Crippen LogP contribution in [0.3, 0.4) is 0 Å². The Labute approximate surface area is 134 Å². The number of allylic oxidation sites excluding steroid dienone is 2. The third-order valence-electron chi connectivity index (χ3n) is 3.61. The van der Waals surface area contributed by atoms with E-state index in [2.05, 4.69) is 19.1 Å². The van der Waals surface area contributed by atoms with Gasteiger partial charge in [0.25, 0.3) is 0 Å². The SMILES string of the molecule is CCCCCCC=CCCCCCCCC(=O)C(=O)C(=O)O. The maximum atomic E-state index is 11.1. The van der Waals surface area contributed by atoms with Crippen molar-refractivity contribution in [3.63, 3.8) is 0 Å². The number of carbonyl (C=O) groups is 3. The van der Waals surface area contributed by atoms with Gasteiger partial charge in [-0.3, -0.25) is 9.59 Å². The van der Waals surface area contributed by atoms with Crippen LogP contribution in [0.25, 0.3) is 0 Å². The molecule has 4 nitrogen and oxygen atoms in total. The number of hydrogen-bond donors (Lipinski definition) is 1. The first-order valence-corrected chi connectivity index (χ1v) is 8.55. The lowest BCUT2D eigenvalue weighted by Gasteiger charge is -1.99. The molecule has 0 aliphatic heterocycles. The molecule has 1 N–H and O–H groups in total. The number of hydrogen-bond acceptors (Lipinski definition) is 3. The average Bonchev–Trinajstić information content (AvgIpc) is 2.50. The molecule has 0 atom stereocenters. The summed E-state index contributed by atoms with van der Waals surface area (Å²) in [5, 5.41) is 8.38. The zero-order valence-corrected chi connectivity index (χ0v) is 13.8. The second kappa shape index (κ2) is 14.5. The van der Waals surface area contributed by atoms with E-state index in [-0.39, 0.29) is 6.42 Å². The van der Waals surface area contributed by atoms with Crippen molar-refractivity contribution in [2.24, 2.45) is 0 Å². The third-order valence-corrected chi connectivity index (χ3v) is 3.61. The van der Waals surface area contributed by atoms with Gasteiger partial charge in [-0.25, -0.2) is 4.79 Å². The fourth-order valence-corrected chi connectivity index (χ4v) is 2.24. The Morgan fingerprint density at radius 3 is 1.82 bits per heavy atom. The summed E-state index contributed by atoms with van der Waals surface area (Å²) in [7, 11) is 0. The van der Waals surface area contributed by atoms with Crippen molar-refractivity contribution in [1.29, 1.82) is 0 Å². The maximum Gasteiger partial charge on any atom is 0.380 e.